The summed E-state index contributed by atoms with van der Waals surface area (Å²) in [5.74, 6) is -0.515. The number of amides is 1. The Kier molecular flexibility index (Phi) is 5.35. The van der Waals surface area contributed by atoms with E-state index >= 15 is 0 Å². The van der Waals surface area contributed by atoms with Crippen molar-refractivity contribution in [3.05, 3.63) is 65.1 Å². The lowest BCUT2D eigenvalue weighted by atomic mass is 10.0. The van der Waals surface area contributed by atoms with E-state index in [2.05, 4.69) is 20.1 Å². The third-order valence-corrected chi connectivity index (χ3v) is 6.64. The van der Waals surface area contributed by atoms with Gasteiger partial charge in [0, 0.05) is 38.0 Å². The molecule has 0 unspecified atom stereocenters. The highest BCUT2D eigenvalue weighted by Crippen LogP contribution is 2.36. The van der Waals surface area contributed by atoms with Crippen molar-refractivity contribution >= 4 is 11.7 Å². The molecule has 0 radical (unpaired) electrons. The van der Waals surface area contributed by atoms with Gasteiger partial charge in [-0.2, -0.15) is 15.0 Å². The summed E-state index contributed by atoms with van der Waals surface area (Å²) in [7, 11) is 0. The lowest BCUT2D eigenvalue weighted by Gasteiger charge is -2.25. The molecule has 2 aliphatic heterocycles. The van der Waals surface area contributed by atoms with Crippen LogP contribution in [-0.2, 0) is 5.60 Å². The monoisotopic (exact) mass is 468 g/mol. The maximum Gasteiger partial charge on any atom is 0.259 e. The maximum atomic E-state index is 14.7. The van der Waals surface area contributed by atoms with Crippen molar-refractivity contribution < 1.29 is 18.7 Å². The van der Waals surface area contributed by atoms with E-state index in [-0.39, 0.29) is 29.0 Å². The molecule has 2 saturated heterocycles. The Balaban J connectivity index is 1.35. The van der Waals surface area contributed by atoms with E-state index < -0.39 is 17.2 Å². The third-order valence-electron chi connectivity index (χ3n) is 6.64. The first-order valence-corrected chi connectivity index (χ1v) is 11.2. The van der Waals surface area contributed by atoms with Gasteiger partial charge in [-0.05, 0) is 44.5 Å². The normalized spacial score (nSPS) is 20.2. The Morgan fingerprint density at radius 1 is 1.09 bits per heavy atom. The summed E-state index contributed by atoms with van der Waals surface area (Å²) in [4.78, 5) is 22.7. The van der Waals surface area contributed by atoms with E-state index in [0.717, 1.165) is 0 Å². The smallest absolute Gasteiger partial charge is 0.259 e. The van der Waals surface area contributed by atoms with Gasteiger partial charge in [0.2, 0.25) is 0 Å². The number of aryl methyl sites for hydroxylation is 1. The number of hydrogen-bond acceptors (Lipinski definition) is 6. The number of halogens is 2. The fraction of sp³-hybridized carbons (Fsp3) is 0.417. The highest BCUT2D eigenvalue weighted by molar-refractivity contribution is 5.98. The minimum atomic E-state index is -1.40. The molecule has 0 aliphatic carbocycles. The summed E-state index contributed by atoms with van der Waals surface area (Å²) in [5.41, 5.74) is -0.684. The number of aliphatic hydroxyl groups is 1. The van der Waals surface area contributed by atoms with Crippen LogP contribution in [0.3, 0.4) is 0 Å². The standard InChI is InChI=1S/C24H26F2N6O2/c1-14-9-19(29-22(21(14)26)24(2,3)34)30-10-15-12-31(13-16(15)11-30)23(33)20-17(25)5-4-6-18(20)32-27-7-8-28-32/h4-9,15-16,34H,10-13H2,1-3H3/t15-,16+. The second-order valence-corrected chi connectivity index (χ2v) is 9.61. The summed E-state index contributed by atoms with van der Waals surface area (Å²) in [5, 5.41) is 18.4. The first-order valence-electron chi connectivity index (χ1n) is 11.2. The highest BCUT2D eigenvalue weighted by Gasteiger charge is 2.43. The van der Waals surface area contributed by atoms with Crippen LogP contribution >= 0.6 is 0 Å². The number of fused-ring (bicyclic) bond motifs is 1. The molecule has 8 nitrogen and oxygen atoms in total. The minimum absolute atomic E-state index is 0.0238. The molecule has 1 aromatic carbocycles. The van der Waals surface area contributed by atoms with Crippen LogP contribution in [0, 0.1) is 30.4 Å². The lowest BCUT2D eigenvalue weighted by molar-refractivity contribution is 0.0693. The number of anilines is 1. The Labute approximate surface area is 195 Å². The second-order valence-electron chi connectivity index (χ2n) is 9.61. The second kappa shape index (κ2) is 8.12. The lowest BCUT2D eigenvalue weighted by Crippen LogP contribution is -2.35. The van der Waals surface area contributed by atoms with Gasteiger partial charge in [0.15, 0.2) is 5.82 Å². The summed E-state index contributed by atoms with van der Waals surface area (Å²) in [6.07, 6.45) is 2.95. The molecule has 3 aromatic rings. The van der Waals surface area contributed by atoms with Crippen molar-refractivity contribution in [1.29, 1.82) is 0 Å². The topological polar surface area (TPSA) is 87.4 Å². The van der Waals surface area contributed by atoms with Gasteiger partial charge in [-0.15, -0.1) is 0 Å². The molecule has 0 saturated carbocycles. The minimum Gasteiger partial charge on any atom is -0.384 e. The number of carbonyl (C=O) groups excluding carboxylic acids is 1. The van der Waals surface area contributed by atoms with Crippen LogP contribution < -0.4 is 4.90 Å². The molecule has 34 heavy (non-hydrogen) atoms. The molecule has 1 amide bonds. The van der Waals surface area contributed by atoms with Gasteiger partial charge in [-0.3, -0.25) is 4.79 Å². The third kappa shape index (κ3) is 3.81. The molecule has 2 atom stereocenters. The number of carbonyl (C=O) groups is 1. The van der Waals surface area contributed by atoms with Crippen LogP contribution in [0.25, 0.3) is 5.69 Å². The molecule has 10 heteroatoms. The zero-order valence-electron chi connectivity index (χ0n) is 19.2. The molecule has 178 valence electrons. The van der Waals surface area contributed by atoms with Crippen molar-refractivity contribution in [2.24, 2.45) is 11.8 Å². The van der Waals surface area contributed by atoms with Crippen LogP contribution in [0.15, 0.2) is 36.7 Å². The van der Waals surface area contributed by atoms with Crippen LogP contribution in [0.1, 0.15) is 35.5 Å². The van der Waals surface area contributed by atoms with Crippen LogP contribution in [-0.4, -0.2) is 62.1 Å². The average molecular weight is 469 g/mol. The summed E-state index contributed by atoms with van der Waals surface area (Å²) in [6, 6.07) is 6.11. The number of pyridine rings is 1. The van der Waals surface area contributed by atoms with Gasteiger partial charge in [0.05, 0.1) is 12.4 Å². The Bertz CT molecular complexity index is 1230. The van der Waals surface area contributed by atoms with E-state index in [9.17, 15) is 18.7 Å². The quantitative estimate of drug-likeness (QED) is 0.634. The van der Waals surface area contributed by atoms with E-state index in [1.54, 1.807) is 24.0 Å². The van der Waals surface area contributed by atoms with Gasteiger partial charge in [0.1, 0.15) is 34.2 Å². The van der Waals surface area contributed by atoms with Crippen molar-refractivity contribution in [3.63, 3.8) is 0 Å². The molecule has 0 spiro atoms. The van der Waals surface area contributed by atoms with Crippen molar-refractivity contribution in [2.45, 2.75) is 26.4 Å². The van der Waals surface area contributed by atoms with Gasteiger partial charge in [-0.25, -0.2) is 13.8 Å². The molecule has 4 heterocycles. The predicted octanol–water partition coefficient (Wildman–Crippen LogP) is 2.68. The fourth-order valence-electron chi connectivity index (χ4n) is 4.94. The summed E-state index contributed by atoms with van der Waals surface area (Å²) in [6.45, 7) is 6.94. The summed E-state index contributed by atoms with van der Waals surface area (Å²) < 4.78 is 29.3. The van der Waals surface area contributed by atoms with Crippen LogP contribution in [0.5, 0.6) is 0 Å². The van der Waals surface area contributed by atoms with E-state index in [0.29, 0.717) is 43.2 Å². The Hall–Kier alpha value is -3.40. The first-order chi connectivity index (χ1) is 16.1. The SMILES string of the molecule is Cc1cc(N2C[C@H]3CN(C(=O)c4c(F)cccc4-n4nccn4)C[C@H]3C2)nc(C(C)(C)O)c1F. The molecule has 0 bridgehead atoms. The Morgan fingerprint density at radius 3 is 2.35 bits per heavy atom. The molecule has 1 N–H and O–H groups in total. The molecule has 2 aliphatic rings. The number of hydrogen-bond donors (Lipinski definition) is 1. The number of aromatic nitrogens is 4. The molecule has 2 aromatic heterocycles. The fourth-order valence-corrected chi connectivity index (χ4v) is 4.94. The average Bonchev–Trinajstić information content (AvgIpc) is 3.50. The maximum absolute atomic E-state index is 14.7. The van der Waals surface area contributed by atoms with Crippen LogP contribution in [0.4, 0.5) is 14.6 Å². The molecule has 2 fully saturated rings. The predicted molar refractivity (Wildman–Crippen MR) is 121 cm³/mol. The van der Waals surface area contributed by atoms with Crippen molar-refractivity contribution in [3.8, 4) is 5.69 Å². The number of nitrogens with zero attached hydrogens (tertiary/aromatic N) is 6. The first kappa shape index (κ1) is 22.4. The molecular formula is C24H26F2N6O2. The van der Waals surface area contributed by atoms with E-state index in [1.165, 1.54) is 43.2 Å². The zero-order chi connectivity index (χ0) is 24.2. The van der Waals surface area contributed by atoms with Crippen molar-refractivity contribution in [1.82, 2.24) is 24.9 Å². The highest BCUT2D eigenvalue weighted by atomic mass is 19.1. The molecular weight excluding hydrogens is 442 g/mol. The number of benzene rings is 1. The Morgan fingerprint density at radius 2 is 1.74 bits per heavy atom. The van der Waals surface area contributed by atoms with Gasteiger partial charge >= 0.3 is 0 Å². The zero-order valence-corrected chi connectivity index (χ0v) is 19.2. The van der Waals surface area contributed by atoms with Crippen LogP contribution in [0.2, 0.25) is 0 Å². The van der Waals surface area contributed by atoms with Gasteiger partial charge in [-0.1, -0.05) is 6.07 Å². The summed E-state index contributed by atoms with van der Waals surface area (Å²) >= 11 is 0. The van der Waals surface area contributed by atoms with Gasteiger partial charge < -0.3 is 14.9 Å². The van der Waals surface area contributed by atoms with Gasteiger partial charge in [0.25, 0.3) is 5.91 Å². The van der Waals surface area contributed by atoms with Crippen molar-refractivity contribution in [2.75, 3.05) is 31.1 Å². The number of rotatable bonds is 4. The number of likely N-dealkylation sites (tertiary alicyclic amines) is 1. The van der Waals surface area contributed by atoms with E-state index in [1.807, 2.05) is 0 Å². The molecule has 5 rings (SSSR count). The van der Waals surface area contributed by atoms with E-state index in [4.69, 9.17) is 0 Å². The largest absolute Gasteiger partial charge is 0.384 e.